The predicted molar refractivity (Wildman–Crippen MR) is 87.3 cm³/mol. The molecule has 22 heavy (non-hydrogen) atoms. The lowest BCUT2D eigenvalue weighted by molar-refractivity contribution is 0.630. The zero-order chi connectivity index (χ0) is 15.1. The first kappa shape index (κ1) is 13.2. The molecule has 0 aliphatic heterocycles. The normalized spacial score (nSPS) is 11.2. The Hall–Kier alpha value is -2.47. The van der Waals surface area contributed by atoms with Crippen LogP contribution in [-0.4, -0.2) is 20.6 Å². The van der Waals surface area contributed by atoms with E-state index in [2.05, 4.69) is 49.5 Å². The quantitative estimate of drug-likeness (QED) is 0.580. The largest absolute Gasteiger partial charge is 0.455 e. The standard InChI is InChI=1S/C16H11BrN4O/c1-9-6-7-13-12(8-9)14(17)15(22-13)10-4-2-3-5-11(10)16-18-20-21-19-16/h2-8H,1H3,(H,18,19,20,21). The minimum Gasteiger partial charge on any atom is -0.455 e. The van der Waals surface area contributed by atoms with Gasteiger partial charge in [0.15, 0.2) is 5.82 Å². The minimum atomic E-state index is 0.610. The summed E-state index contributed by atoms with van der Waals surface area (Å²) in [7, 11) is 0. The number of halogens is 1. The first-order chi connectivity index (χ1) is 10.7. The van der Waals surface area contributed by atoms with E-state index >= 15 is 0 Å². The highest BCUT2D eigenvalue weighted by Gasteiger charge is 2.18. The van der Waals surface area contributed by atoms with Gasteiger partial charge in [-0.15, -0.1) is 5.10 Å². The summed E-state index contributed by atoms with van der Waals surface area (Å²) in [4.78, 5) is 0. The average Bonchev–Trinajstić information content (AvgIpc) is 3.16. The second-order valence-corrected chi connectivity index (χ2v) is 5.83. The van der Waals surface area contributed by atoms with Crippen LogP contribution in [0.15, 0.2) is 51.4 Å². The molecular weight excluding hydrogens is 344 g/mol. The molecule has 108 valence electrons. The van der Waals surface area contributed by atoms with Crippen molar-refractivity contribution in [3.63, 3.8) is 0 Å². The Morgan fingerprint density at radius 3 is 2.68 bits per heavy atom. The number of nitrogens with zero attached hydrogens (tertiary/aromatic N) is 3. The van der Waals surface area contributed by atoms with E-state index in [-0.39, 0.29) is 0 Å². The van der Waals surface area contributed by atoms with Crippen molar-refractivity contribution in [3.05, 3.63) is 52.5 Å². The number of aryl methyl sites for hydroxylation is 1. The molecule has 1 N–H and O–H groups in total. The van der Waals surface area contributed by atoms with E-state index in [1.807, 2.05) is 36.4 Å². The molecule has 0 saturated carbocycles. The van der Waals surface area contributed by atoms with Gasteiger partial charge in [0, 0.05) is 16.5 Å². The van der Waals surface area contributed by atoms with Gasteiger partial charge < -0.3 is 4.42 Å². The van der Waals surface area contributed by atoms with Gasteiger partial charge in [0.1, 0.15) is 11.3 Å². The smallest absolute Gasteiger partial charge is 0.180 e. The van der Waals surface area contributed by atoms with Crippen LogP contribution >= 0.6 is 15.9 Å². The van der Waals surface area contributed by atoms with Crippen molar-refractivity contribution in [3.8, 4) is 22.7 Å². The summed E-state index contributed by atoms with van der Waals surface area (Å²) in [5, 5.41) is 15.1. The molecule has 4 rings (SSSR count). The molecule has 0 fully saturated rings. The first-order valence-corrected chi connectivity index (χ1v) is 7.55. The number of rotatable bonds is 2. The van der Waals surface area contributed by atoms with Gasteiger partial charge in [0.2, 0.25) is 0 Å². The molecule has 4 aromatic rings. The molecule has 0 atom stereocenters. The predicted octanol–water partition coefficient (Wildman–Crippen LogP) is 4.35. The van der Waals surface area contributed by atoms with E-state index in [1.165, 1.54) is 5.56 Å². The van der Waals surface area contributed by atoms with Gasteiger partial charge in [0.05, 0.1) is 4.47 Å². The lowest BCUT2D eigenvalue weighted by Crippen LogP contribution is -1.86. The van der Waals surface area contributed by atoms with Crippen LogP contribution in [-0.2, 0) is 0 Å². The lowest BCUT2D eigenvalue weighted by Gasteiger charge is -2.04. The van der Waals surface area contributed by atoms with Crippen LogP contribution in [0.5, 0.6) is 0 Å². The number of nitrogens with one attached hydrogen (secondary N) is 1. The molecule has 0 amide bonds. The summed E-state index contributed by atoms with van der Waals surface area (Å²) in [6.07, 6.45) is 0. The second-order valence-electron chi connectivity index (χ2n) is 5.04. The van der Waals surface area contributed by atoms with Crippen molar-refractivity contribution >= 4 is 26.9 Å². The number of aromatic nitrogens is 4. The van der Waals surface area contributed by atoms with Crippen molar-refractivity contribution in [1.82, 2.24) is 20.6 Å². The van der Waals surface area contributed by atoms with Crippen LogP contribution in [0, 0.1) is 6.92 Å². The van der Waals surface area contributed by atoms with Gasteiger partial charge in [-0.05, 0) is 45.4 Å². The van der Waals surface area contributed by atoms with Crippen LogP contribution < -0.4 is 0 Å². The van der Waals surface area contributed by atoms with E-state index in [4.69, 9.17) is 4.42 Å². The fourth-order valence-electron chi connectivity index (χ4n) is 2.52. The molecule has 2 heterocycles. The van der Waals surface area contributed by atoms with Crippen LogP contribution in [0.2, 0.25) is 0 Å². The zero-order valence-electron chi connectivity index (χ0n) is 11.7. The van der Waals surface area contributed by atoms with E-state index in [0.29, 0.717) is 5.82 Å². The molecule has 2 aromatic carbocycles. The van der Waals surface area contributed by atoms with Crippen molar-refractivity contribution < 1.29 is 4.42 Å². The number of furan rings is 1. The van der Waals surface area contributed by atoms with Gasteiger partial charge in [-0.2, -0.15) is 0 Å². The van der Waals surface area contributed by atoms with Crippen LogP contribution in [0.1, 0.15) is 5.56 Å². The lowest BCUT2D eigenvalue weighted by atomic mass is 10.0. The third kappa shape index (κ3) is 2.03. The Morgan fingerprint density at radius 2 is 1.91 bits per heavy atom. The Balaban J connectivity index is 1.99. The van der Waals surface area contributed by atoms with E-state index < -0.39 is 0 Å². The number of fused-ring (bicyclic) bond motifs is 1. The van der Waals surface area contributed by atoms with Gasteiger partial charge in [-0.1, -0.05) is 35.9 Å². The third-order valence-electron chi connectivity index (χ3n) is 3.56. The maximum Gasteiger partial charge on any atom is 0.180 e. The SMILES string of the molecule is Cc1ccc2oc(-c3ccccc3-c3nnn[nH]3)c(Br)c2c1. The van der Waals surface area contributed by atoms with Crippen LogP contribution in [0.4, 0.5) is 0 Å². The number of aromatic amines is 1. The zero-order valence-corrected chi connectivity index (χ0v) is 13.3. The molecule has 0 unspecified atom stereocenters. The fourth-order valence-corrected chi connectivity index (χ4v) is 3.12. The highest BCUT2D eigenvalue weighted by molar-refractivity contribution is 9.10. The summed E-state index contributed by atoms with van der Waals surface area (Å²) < 4.78 is 6.99. The molecule has 0 bridgehead atoms. The highest BCUT2D eigenvalue weighted by atomic mass is 79.9. The molecule has 0 aliphatic carbocycles. The monoisotopic (exact) mass is 354 g/mol. The maximum atomic E-state index is 6.05. The number of tetrazole rings is 1. The molecule has 0 saturated heterocycles. The summed E-state index contributed by atoms with van der Waals surface area (Å²) in [6.45, 7) is 2.06. The van der Waals surface area contributed by atoms with Gasteiger partial charge in [-0.25, -0.2) is 5.10 Å². The fraction of sp³-hybridized carbons (Fsp3) is 0.0625. The number of hydrogen-bond donors (Lipinski definition) is 1. The van der Waals surface area contributed by atoms with Gasteiger partial charge in [-0.3, -0.25) is 0 Å². The Kier molecular flexibility index (Phi) is 3.04. The molecule has 2 aromatic heterocycles. The van der Waals surface area contributed by atoms with Gasteiger partial charge >= 0.3 is 0 Å². The van der Waals surface area contributed by atoms with Crippen molar-refractivity contribution in [2.45, 2.75) is 6.92 Å². The van der Waals surface area contributed by atoms with Crippen molar-refractivity contribution in [2.75, 3.05) is 0 Å². The Morgan fingerprint density at radius 1 is 1.09 bits per heavy atom. The number of benzene rings is 2. The first-order valence-electron chi connectivity index (χ1n) is 6.76. The third-order valence-corrected chi connectivity index (χ3v) is 4.34. The molecular formula is C16H11BrN4O. The highest BCUT2D eigenvalue weighted by Crippen LogP contribution is 2.41. The van der Waals surface area contributed by atoms with E-state index in [9.17, 15) is 0 Å². The average molecular weight is 355 g/mol. The minimum absolute atomic E-state index is 0.610. The topological polar surface area (TPSA) is 67.6 Å². The van der Waals surface area contributed by atoms with Crippen LogP contribution in [0.3, 0.4) is 0 Å². The summed E-state index contributed by atoms with van der Waals surface area (Å²) in [6, 6.07) is 14.0. The van der Waals surface area contributed by atoms with Gasteiger partial charge in [0.25, 0.3) is 0 Å². The number of H-pyrrole nitrogens is 1. The molecule has 5 nitrogen and oxygen atoms in total. The molecule has 0 spiro atoms. The summed E-state index contributed by atoms with van der Waals surface area (Å²) in [5.41, 5.74) is 3.86. The second kappa shape index (κ2) is 5.06. The molecule has 0 aliphatic rings. The molecule has 0 radical (unpaired) electrons. The summed E-state index contributed by atoms with van der Waals surface area (Å²) in [5.74, 6) is 1.38. The van der Waals surface area contributed by atoms with Crippen molar-refractivity contribution in [2.24, 2.45) is 0 Å². The summed E-state index contributed by atoms with van der Waals surface area (Å²) >= 11 is 3.66. The molecule has 6 heteroatoms. The van der Waals surface area contributed by atoms with E-state index in [1.54, 1.807) is 0 Å². The Labute approximate surface area is 134 Å². The van der Waals surface area contributed by atoms with Crippen LogP contribution in [0.25, 0.3) is 33.7 Å². The van der Waals surface area contributed by atoms with Crippen molar-refractivity contribution in [1.29, 1.82) is 0 Å². The number of hydrogen-bond acceptors (Lipinski definition) is 4. The Bertz CT molecular complexity index is 960. The van der Waals surface area contributed by atoms with E-state index in [0.717, 1.165) is 32.3 Å². The maximum absolute atomic E-state index is 6.05.